The number of hydrazone groups is 1. The van der Waals surface area contributed by atoms with E-state index in [0.717, 1.165) is 15.2 Å². The third-order valence-electron chi connectivity index (χ3n) is 5.00. The van der Waals surface area contributed by atoms with Crippen LogP contribution in [0.3, 0.4) is 0 Å². The Morgan fingerprint density at radius 2 is 1.63 bits per heavy atom. The van der Waals surface area contributed by atoms with Gasteiger partial charge < -0.3 is 10.1 Å². The lowest BCUT2D eigenvalue weighted by Crippen LogP contribution is -2.35. The fourth-order valence-electron chi connectivity index (χ4n) is 3.30. The third-order valence-corrected chi connectivity index (χ3v) is 5.49. The minimum absolute atomic E-state index is 0.218. The molecule has 0 radical (unpaired) electrons. The molecule has 0 unspecified atom stereocenters. The molecule has 0 spiro atoms. The Hall–Kier alpha value is -4.30. The second-order valence-electron chi connectivity index (χ2n) is 7.47. The number of hydrogen-bond acceptors (Lipinski definition) is 5. The minimum Gasteiger partial charge on any atom is -0.423 e. The highest BCUT2D eigenvalue weighted by molar-refractivity contribution is 9.10. The first-order valence-corrected chi connectivity index (χ1v) is 11.4. The van der Waals surface area contributed by atoms with Crippen LogP contribution >= 0.6 is 15.9 Å². The van der Waals surface area contributed by atoms with Gasteiger partial charge in [0.25, 0.3) is 11.8 Å². The standard InChI is InChI=1S/C27H20BrN3O4/c28-21-8-3-7-20(15-21)27(34)35-22-13-11-18(12-14-22)16-30-31-25(32)17-29-26(33)24-10-4-6-19-5-1-2-9-23(19)24/h1-16H,17H2,(H,29,33)(H,31,32). The molecule has 2 amide bonds. The van der Waals surface area contributed by atoms with Crippen molar-refractivity contribution in [2.45, 2.75) is 0 Å². The molecule has 8 heteroatoms. The minimum atomic E-state index is -0.467. The molecule has 0 aromatic heterocycles. The molecule has 4 rings (SSSR count). The fourth-order valence-corrected chi connectivity index (χ4v) is 3.70. The molecule has 0 heterocycles. The average Bonchev–Trinajstić information content (AvgIpc) is 2.88. The normalized spacial score (nSPS) is 10.8. The number of benzene rings is 4. The van der Waals surface area contributed by atoms with Gasteiger partial charge in [-0.25, -0.2) is 10.2 Å². The lowest BCUT2D eigenvalue weighted by molar-refractivity contribution is -0.120. The summed E-state index contributed by atoms with van der Waals surface area (Å²) in [5, 5.41) is 8.27. The predicted molar refractivity (Wildman–Crippen MR) is 138 cm³/mol. The van der Waals surface area contributed by atoms with Crippen LogP contribution in [0.5, 0.6) is 5.75 Å². The molecule has 7 nitrogen and oxygen atoms in total. The van der Waals surface area contributed by atoms with Crippen LogP contribution in [0.25, 0.3) is 10.8 Å². The van der Waals surface area contributed by atoms with Gasteiger partial charge in [-0.1, -0.05) is 58.4 Å². The summed E-state index contributed by atoms with van der Waals surface area (Å²) in [5.41, 5.74) is 3.99. The summed E-state index contributed by atoms with van der Waals surface area (Å²) in [5.74, 6) is -0.888. The number of ether oxygens (including phenoxy) is 1. The van der Waals surface area contributed by atoms with Gasteiger partial charge in [0, 0.05) is 10.0 Å². The molecule has 2 N–H and O–H groups in total. The Kier molecular flexibility index (Phi) is 7.64. The number of amides is 2. The Bertz CT molecular complexity index is 1410. The number of nitrogens with zero attached hydrogens (tertiary/aromatic N) is 1. The van der Waals surface area contributed by atoms with Crippen molar-refractivity contribution in [3.8, 4) is 5.75 Å². The van der Waals surface area contributed by atoms with Crippen molar-refractivity contribution in [2.24, 2.45) is 5.10 Å². The maximum Gasteiger partial charge on any atom is 0.343 e. The van der Waals surface area contributed by atoms with Crippen LogP contribution in [0.4, 0.5) is 0 Å². The summed E-state index contributed by atoms with van der Waals surface area (Å²) in [7, 11) is 0. The smallest absolute Gasteiger partial charge is 0.343 e. The third kappa shape index (κ3) is 6.39. The molecule has 0 aliphatic rings. The van der Waals surface area contributed by atoms with Crippen molar-refractivity contribution < 1.29 is 19.1 Å². The van der Waals surface area contributed by atoms with E-state index < -0.39 is 11.9 Å². The zero-order chi connectivity index (χ0) is 24.6. The van der Waals surface area contributed by atoms with Crippen molar-refractivity contribution in [1.82, 2.24) is 10.7 Å². The molecule has 4 aromatic rings. The van der Waals surface area contributed by atoms with E-state index in [1.807, 2.05) is 36.4 Å². The maximum atomic E-state index is 12.5. The van der Waals surface area contributed by atoms with Crippen LogP contribution in [-0.2, 0) is 4.79 Å². The molecule has 0 aliphatic carbocycles. The van der Waals surface area contributed by atoms with Gasteiger partial charge in [-0.15, -0.1) is 0 Å². The van der Waals surface area contributed by atoms with Crippen molar-refractivity contribution in [2.75, 3.05) is 6.54 Å². The van der Waals surface area contributed by atoms with Gasteiger partial charge >= 0.3 is 5.97 Å². The van der Waals surface area contributed by atoms with E-state index in [1.54, 1.807) is 54.6 Å². The van der Waals surface area contributed by atoms with Gasteiger partial charge in [0.2, 0.25) is 0 Å². The van der Waals surface area contributed by atoms with E-state index >= 15 is 0 Å². The number of halogens is 1. The molecule has 0 aliphatic heterocycles. The van der Waals surface area contributed by atoms with Crippen LogP contribution in [0.2, 0.25) is 0 Å². The molecule has 0 saturated heterocycles. The van der Waals surface area contributed by atoms with Crippen molar-refractivity contribution in [3.05, 3.63) is 112 Å². The zero-order valence-corrected chi connectivity index (χ0v) is 20.0. The Morgan fingerprint density at radius 1 is 0.886 bits per heavy atom. The molecular formula is C27H20BrN3O4. The predicted octanol–water partition coefficient (Wildman–Crippen LogP) is 4.70. The van der Waals surface area contributed by atoms with Gasteiger partial charge in [-0.2, -0.15) is 5.10 Å². The van der Waals surface area contributed by atoms with Crippen molar-refractivity contribution in [3.63, 3.8) is 0 Å². The summed E-state index contributed by atoms with van der Waals surface area (Å²) in [6, 6.07) is 26.6. The lowest BCUT2D eigenvalue weighted by Gasteiger charge is -2.07. The molecular weight excluding hydrogens is 510 g/mol. The van der Waals surface area contributed by atoms with E-state index in [0.29, 0.717) is 22.4 Å². The van der Waals surface area contributed by atoms with Gasteiger partial charge in [0.1, 0.15) is 5.75 Å². The van der Waals surface area contributed by atoms with E-state index in [9.17, 15) is 14.4 Å². The number of rotatable bonds is 7. The van der Waals surface area contributed by atoms with Crippen LogP contribution < -0.4 is 15.5 Å². The van der Waals surface area contributed by atoms with Crippen LogP contribution in [-0.4, -0.2) is 30.5 Å². The largest absolute Gasteiger partial charge is 0.423 e. The first-order valence-electron chi connectivity index (χ1n) is 10.7. The van der Waals surface area contributed by atoms with Gasteiger partial charge in [0.15, 0.2) is 0 Å². The number of carbonyl (C=O) groups is 3. The number of fused-ring (bicyclic) bond motifs is 1. The fraction of sp³-hybridized carbons (Fsp3) is 0.0370. The summed E-state index contributed by atoms with van der Waals surface area (Å²) < 4.78 is 6.14. The molecule has 4 aromatic carbocycles. The van der Waals surface area contributed by atoms with Crippen molar-refractivity contribution >= 4 is 50.7 Å². The van der Waals surface area contributed by atoms with Gasteiger partial charge in [-0.05, 0) is 64.9 Å². The van der Waals surface area contributed by atoms with Crippen molar-refractivity contribution in [1.29, 1.82) is 0 Å². The van der Waals surface area contributed by atoms with Crippen LogP contribution in [0.15, 0.2) is 101 Å². The first-order chi connectivity index (χ1) is 17.0. The summed E-state index contributed by atoms with van der Waals surface area (Å²) in [4.78, 5) is 36.8. The monoisotopic (exact) mass is 529 g/mol. The molecule has 0 atom stereocenters. The van der Waals surface area contributed by atoms with E-state index in [2.05, 4.69) is 31.8 Å². The summed E-state index contributed by atoms with van der Waals surface area (Å²) in [6.07, 6.45) is 1.45. The Balaban J connectivity index is 1.26. The molecule has 0 fully saturated rings. The average molecular weight is 530 g/mol. The SMILES string of the molecule is O=C(CNC(=O)c1cccc2ccccc12)NN=Cc1ccc(OC(=O)c2cccc(Br)c2)cc1. The Labute approximate surface area is 209 Å². The van der Waals surface area contributed by atoms with Gasteiger partial charge in [0.05, 0.1) is 18.3 Å². The number of hydrogen-bond donors (Lipinski definition) is 2. The lowest BCUT2D eigenvalue weighted by atomic mass is 10.0. The highest BCUT2D eigenvalue weighted by Gasteiger charge is 2.11. The number of carbonyl (C=O) groups excluding carboxylic acids is 3. The highest BCUT2D eigenvalue weighted by atomic mass is 79.9. The van der Waals surface area contributed by atoms with Crippen LogP contribution in [0, 0.1) is 0 Å². The van der Waals surface area contributed by atoms with E-state index in [4.69, 9.17) is 4.74 Å². The number of nitrogens with one attached hydrogen (secondary N) is 2. The summed E-state index contributed by atoms with van der Waals surface area (Å²) >= 11 is 3.32. The van der Waals surface area contributed by atoms with Gasteiger partial charge in [-0.3, -0.25) is 9.59 Å². The molecule has 0 bridgehead atoms. The second kappa shape index (κ2) is 11.2. The Morgan fingerprint density at radius 3 is 2.43 bits per heavy atom. The van der Waals surface area contributed by atoms with Crippen LogP contribution in [0.1, 0.15) is 26.3 Å². The zero-order valence-electron chi connectivity index (χ0n) is 18.4. The topological polar surface area (TPSA) is 96.9 Å². The van der Waals surface area contributed by atoms with E-state index in [-0.39, 0.29) is 12.5 Å². The first kappa shape index (κ1) is 23.8. The second-order valence-corrected chi connectivity index (χ2v) is 8.39. The maximum absolute atomic E-state index is 12.5. The molecule has 35 heavy (non-hydrogen) atoms. The molecule has 174 valence electrons. The highest BCUT2D eigenvalue weighted by Crippen LogP contribution is 2.18. The summed E-state index contributed by atoms with van der Waals surface area (Å²) in [6.45, 7) is -0.218. The molecule has 0 saturated carbocycles. The van der Waals surface area contributed by atoms with E-state index in [1.165, 1.54) is 6.21 Å². The number of esters is 1. The quantitative estimate of drug-likeness (QED) is 0.157.